The van der Waals surface area contributed by atoms with Gasteiger partial charge in [0.2, 0.25) is 0 Å². The van der Waals surface area contributed by atoms with Gasteiger partial charge in [-0.2, -0.15) is 0 Å². The van der Waals surface area contributed by atoms with Crippen LogP contribution in [0.15, 0.2) is 12.5 Å². The topological polar surface area (TPSA) is 75.6 Å². The maximum absolute atomic E-state index is 12.5. The smallest absolute Gasteiger partial charge is 0.257 e. The summed E-state index contributed by atoms with van der Waals surface area (Å²) >= 11 is 0. The number of ether oxygens (including phenoxy) is 1. The number of carbonyl (C=O) groups is 1. The molecule has 1 aliphatic heterocycles. The maximum Gasteiger partial charge on any atom is 0.257 e. The van der Waals surface area contributed by atoms with E-state index in [1.807, 2.05) is 13.8 Å². The molecule has 2 atom stereocenters. The lowest BCUT2D eigenvalue weighted by Crippen LogP contribution is -2.31. The highest BCUT2D eigenvalue weighted by Gasteiger charge is 2.35. The standard InChI is InChI=1S/C14H21N3O3/c1-3-5-11-10(6-15-9-16-11)14(19)17-7-12(18)13(8-17)20-4-2/h6,9,12-13,18H,3-5,7-8H2,1-2H3/t12-,13-/m1/s1. The first-order valence-corrected chi connectivity index (χ1v) is 7.05. The number of likely N-dealkylation sites (tertiary alicyclic amines) is 1. The Balaban J connectivity index is 2.12. The number of aromatic nitrogens is 2. The monoisotopic (exact) mass is 279 g/mol. The molecule has 1 fully saturated rings. The van der Waals surface area contributed by atoms with Crippen molar-refractivity contribution in [3.05, 3.63) is 23.8 Å². The fourth-order valence-electron chi connectivity index (χ4n) is 2.44. The minimum absolute atomic E-state index is 0.129. The molecule has 110 valence electrons. The maximum atomic E-state index is 12.5. The zero-order valence-electron chi connectivity index (χ0n) is 12.0. The first-order valence-electron chi connectivity index (χ1n) is 7.05. The first-order chi connectivity index (χ1) is 9.67. The van der Waals surface area contributed by atoms with Crippen LogP contribution in [0.4, 0.5) is 0 Å². The van der Waals surface area contributed by atoms with Crippen LogP contribution in [0.3, 0.4) is 0 Å². The van der Waals surface area contributed by atoms with Gasteiger partial charge in [0.25, 0.3) is 5.91 Å². The van der Waals surface area contributed by atoms with Crippen LogP contribution in [0.1, 0.15) is 36.3 Å². The summed E-state index contributed by atoms with van der Waals surface area (Å²) in [5, 5.41) is 9.91. The molecule has 0 aromatic carbocycles. The highest BCUT2D eigenvalue weighted by atomic mass is 16.5. The van der Waals surface area contributed by atoms with E-state index in [9.17, 15) is 9.90 Å². The molecule has 2 heterocycles. The normalized spacial score (nSPS) is 22.2. The van der Waals surface area contributed by atoms with Crippen LogP contribution in [0.2, 0.25) is 0 Å². The molecule has 1 aromatic rings. The second-order valence-corrected chi connectivity index (χ2v) is 4.90. The molecular formula is C14H21N3O3. The summed E-state index contributed by atoms with van der Waals surface area (Å²) in [5.74, 6) is -0.129. The SMILES string of the molecule is CCCc1ncncc1C(=O)N1C[C@@H](O)[C@H](OCC)C1. The van der Waals surface area contributed by atoms with Crippen molar-refractivity contribution in [2.75, 3.05) is 19.7 Å². The Hall–Kier alpha value is -1.53. The molecule has 6 nitrogen and oxygen atoms in total. The van der Waals surface area contributed by atoms with Crippen molar-refractivity contribution >= 4 is 5.91 Å². The van der Waals surface area contributed by atoms with Gasteiger partial charge in [0.1, 0.15) is 12.4 Å². The second kappa shape index (κ2) is 6.76. The number of aliphatic hydroxyl groups excluding tert-OH is 1. The molecule has 6 heteroatoms. The van der Waals surface area contributed by atoms with Crippen molar-refractivity contribution in [3.63, 3.8) is 0 Å². The molecule has 0 spiro atoms. The molecular weight excluding hydrogens is 258 g/mol. The minimum atomic E-state index is -0.627. The van der Waals surface area contributed by atoms with E-state index in [0.29, 0.717) is 25.3 Å². The fourth-order valence-corrected chi connectivity index (χ4v) is 2.44. The third-order valence-electron chi connectivity index (χ3n) is 3.42. The molecule has 0 aliphatic carbocycles. The van der Waals surface area contributed by atoms with Gasteiger partial charge in [-0.15, -0.1) is 0 Å². The minimum Gasteiger partial charge on any atom is -0.388 e. The number of amides is 1. The lowest BCUT2D eigenvalue weighted by atomic mass is 10.1. The van der Waals surface area contributed by atoms with Crippen LogP contribution in [0.25, 0.3) is 0 Å². The van der Waals surface area contributed by atoms with Gasteiger partial charge in [0.05, 0.1) is 17.4 Å². The van der Waals surface area contributed by atoms with Crippen LogP contribution in [0, 0.1) is 0 Å². The van der Waals surface area contributed by atoms with Crippen molar-refractivity contribution in [3.8, 4) is 0 Å². The van der Waals surface area contributed by atoms with Crippen LogP contribution >= 0.6 is 0 Å². The van der Waals surface area contributed by atoms with E-state index in [0.717, 1.165) is 18.5 Å². The number of aliphatic hydroxyl groups is 1. The van der Waals surface area contributed by atoms with Gasteiger partial charge in [0, 0.05) is 25.9 Å². The average Bonchev–Trinajstić information content (AvgIpc) is 2.81. The van der Waals surface area contributed by atoms with Crippen molar-refractivity contribution in [2.24, 2.45) is 0 Å². The Labute approximate surface area is 118 Å². The third kappa shape index (κ3) is 3.13. The Bertz CT molecular complexity index is 467. The summed E-state index contributed by atoms with van der Waals surface area (Å²) in [4.78, 5) is 22.3. The van der Waals surface area contributed by atoms with Crippen LogP contribution < -0.4 is 0 Å². The van der Waals surface area contributed by atoms with Crippen LogP contribution in [0.5, 0.6) is 0 Å². The molecule has 1 aromatic heterocycles. The van der Waals surface area contributed by atoms with E-state index in [-0.39, 0.29) is 12.0 Å². The van der Waals surface area contributed by atoms with E-state index in [4.69, 9.17) is 4.74 Å². The summed E-state index contributed by atoms with van der Waals surface area (Å²) in [5.41, 5.74) is 1.29. The zero-order valence-corrected chi connectivity index (χ0v) is 12.0. The van der Waals surface area contributed by atoms with Crippen molar-refractivity contribution in [1.82, 2.24) is 14.9 Å². The van der Waals surface area contributed by atoms with E-state index in [1.165, 1.54) is 6.33 Å². The summed E-state index contributed by atoms with van der Waals surface area (Å²) in [6.45, 7) is 5.15. The molecule has 0 bridgehead atoms. The van der Waals surface area contributed by atoms with Crippen molar-refractivity contribution in [1.29, 1.82) is 0 Å². The lowest BCUT2D eigenvalue weighted by Gasteiger charge is -2.17. The number of β-amino-alcohol motifs (C(OH)–C–C–N with tert-alkyl or cyclic N) is 1. The average molecular weight is 279 g/mol. The summed E-state index contributed by atoms with van der Waals surface area (Å²) < 4.78 is 5.43. The van der Waals surface area contributed by atoms with E-state index < -0.39 is 6.10 Å². The van der Waals surface area contributed by atoms with E-state index >= 15 is 0 Å². The highest BCUT2D eigenvalue weighted by molar-refractivity contribution is 5.95. The Morgan fingerprint density at radius 1 is 1.50 bits per heavy atom. The number of carbonyl (C=O) groups excluding carboxylic acids is 1. The Morgan fingerprint density at radius 2 is 2.30 bits per heavy atom. The predicted octanol–water partition coefficient (Wildman–Crippen LogP) is 0.651. The molecule has 2 rings (SSSR count). The van der Waals surface area contributed by atoms with Crippen LogP contribution in [-0.4, -0.2) is 57.8 Å². The zero-order chi connectivity index (χ0) is 14.5. The van der Waals surface area contributed by atoms with Gasteiger partial charge in [-0.3, -0.25) is 4.79 Å². The van der Waals surface area contributed by atoms with Crippen LogP contribution in [-0.2, 0) is 11.2 Å². The Morgan fingerprint density at radius 3 is 3.00 bits per heavy atom. The number of rotatable bonds is 5. The highest BCUT2D eigenvalue weighted by Crippen LogP contribution is 2.18. The van der Waals surface area contributed by atoms with E-state index in [1.54, 1.807) is 11.1 Å². The van der Waals surface area contributed by atoms with Gasteiger partial charge < -0.3 is 14.7 Å². The number of hydrogen-bond acceptors (Lipinski definition) is 5. The summed E-state index contributed by atoms with van der Waals surface area (Å²) in [7, 11) is 0. The molecule has 0 unspecified atom stereocenters. The summed E-state index contributed by atoms with van der Waals surface area (Å²) in [6.07, 6.45) is 3.75. The van der Waals surface area contributed by atoms with Crippen molar-refractivity contribution in [2.45, 2.75) is 38.9 Å². The molecule has 20 heavy (non-hydrogen) atoms. The van der Waals surface area contributed by atoms with Gasteiger partial charge in [-0.05, 0) is 13.3 Å². The molecule has 1 amide bonds. The number of aryl methyl sites for hydroxylation is 1. The fraction of sp³-hybridized carbons (Fsp3) is 0.643. The number of nitrogens with zero attached hydrogens (tertiary/aromatic N) is 3. The molecule has 1 saturated heterocycles. The van der Waals surface area contributed by atoms with Gasteiger partial charge in [0.15, 0.2) is 0 Å². The quantitative estimate of drug-likeness (QED) is 0.856. The largest absolute Gasteiger partial charge is 0.388 e. The predicted molar refractivity (Wildman–Crippen MR) is 73.4 cm³/mol. The number of hydrogen-bond donors (Lipinski definition) is 1. The first kappa shape index (κ1) is 14.9. The molecule has 1 aliphatic rings. The van der Waals surface area contributed by atoms with Gasteiger partial charge >= 0.3 is 0 Å². The molecule has 0 saturated carbocycles. The lowest BCUT2D eigenvalue weighted by molar-refractivity contribution is -0.00237. The molecule has 1 N–H and O–H groups in total. The Kier molecular flexibility index (Phi) is 5.03. The van der Waals surface area contributed by atoms with E-state index in [2.05, 4.69) is 9.97 Å². The van der Waals surface area contributed by atoms with Crippen molar-refractivity contribution < 1.29 is 14.6 Å². The second-order valence-electron chi connectivity index (χ2n) is 4.90. The molecule has 0 radical (unpaired) electrons. The third-order valence-corrected chi connectivity index (χ3v) is 3.42. The van der Waals surface area contributed by atoms with Gasteiger partial charge in [-0.25, -0.2) is 9.97 Å². The van der Waals surface area contributed by atoms with Gasteiger partial charge in [-0.1, -0.05) is 13.3 Å². The summed E-state index contributed by atoms with van der Waals surface area (Å²) in [6, 6.07) is 0.